The van der Waals surface area contributed by atoms with Crippen LogP contribution in [0, 0.1) is 22.7 Å². The SMILES string of the molecule is CC[C@H](C)NC(=O)/C(C#N)=C/c1ccc(OCc2ccccc2C#N)c(Br)c1. The highest BCUT2D eigenvalue weighted by atomic mass is 79.9. The van der Waals surface area contributed by atoms with E-state index in [0.717, 1.165) is 12.0 Å². The van der Waals surface area contributed by atoms with Crippen molar-refractivity contribution >= 4 is 27.9 Å². The molecule has 28 heavy (non-hydrogen) atoms. The van der Waals surface area contributed by atoms with Gasteiger partial charge in [0.05, 0.1) is 16.1 Å². The standard InChI is InChI=1S/C22H20BrN3O2/c1-3-15(2)26-22(27)19(13-25)10-16-8-9-21(20(23)11-16)28-14-18-7-5-4-6-17(18)12-24/h4-11,15H,3,14H2,1-2H3,(H,26,27)/b19-10+/t15-/m0/s1. The number of nitrogens with zero attached hydrogens (tertiary/aromatic N) is 2. The summed E-state index contributed by atoms with van der Waals surface area (Å²) in [4.78, 5) is 12.2. The summed E-state index contributed by atoms with van der Waals surface area (Å²) >= 11 is 3.45. The van der Waals surface area contributed by atoms with Crippen molar-refractivity contribution in [2.45, 2.75) is 32.9 Å². The van der Waals surface area contributed by atoms with Crippen LogP contribution in [0.3, 0.4) is 0 Å². The lowest BCUT2D eigenvalue weighted by Crippen LogP contribution is -2.32. The maximum atomic E-state index is 12.2. The average Bonchev–Trinajstić information content (AvgIpc) is 2.71. The van der Waals surface area contributed by atoms with E-state index in [2.05, 4.69) is 27.3 Å². The third kappa shape index (κ3) is 5.70. The van der Waals surface area contributed by atoms with Gasteiger partial charge in [0.15, 0.2) is 0 Å². The van der Waals surface area contributed by atoms with Crippen LogP contribution in [-0.4, -0.2) is 11.9 Å². The topological polar surface area (TPSA) is 85.9 Å². The van der Waals surface area contributed by atoms with E-state index in [1.807, 2.05) is 38.1 Å². The minimum Gasteiger partial charge on any atom is -0.488 e. The normalized spacial score (nSPS) is 11.8. The lowest BCUT2D eigenvalue weighted by molar-refractivity contribution is -0.117. The predicted octanol–water partition coefficient (Wildman–Crippen LogP) is 4.72. The molecule has 0 aromatic heterocycles. The Kier molecular flexibility index (Phi) is 7.80. The molecule has 0 spiro atoms. The molecule has 142 valence electrons. The van der Waals surface area contributed by atoms with Crippen LogP contribution >= 0.6 is 15.9 Å². The predicted molar refractivity (Wildman–Crippen MR) is 111 cm³/mol. The summed E-state index contributed by atoms with van der Waals surface area (Å²) in [5.74, 6) is 0.217. The Morgan fingerprint density at radius 3 is 2.68 bits per heavy atom. The summed E-state index contributed by atoms with van der Waals surface area (Å²) in [6.45, 7) is 4.11. The third-order valence-electron chi connectivity index (χ3n) is 4.14. The number of hydrogen-bond donors (Lipinski definition) is 1. The van der Waals surface area contributed by atoms with Crippen LogP contribution in [0.25, 0.3) is 6.08 Å². The minimum atomic E-state index is -0.388. The van der Waals surface area contributed by atoms with E-state index in [4.69, 9.17) is 10.00 Å². The number of hydrogen-bond acceptors (Lipinski definition) is 4. The van der Waals surface area contributed by atoms with Crippen molar-refractivity contribution in [1.29, 1.82) is 10.5 Å². The zero-order valence-corrected chi connectivity index (χ0v) is 17.3. The van der Waals surface area contributed by atoms with Crippen molar-refractivity contribution in [1.82, 2.24) is 5.32 Å². The van der Waals surface area contributed by atoms with Gasteiger partial charge in [0.2, 0.25) is 0 Å². The second-order valence-corrected chi connectivity index (χ2v) is 7.05. The molecule has 0 bridgehead atoms. The number of benzene rings is 2. The van der Waals surface area contributed by atoms with Gasteiger partial charge < -0.3 is 10.1 Å². The van der Waals surface area contributed by atoms with Crippen LogP contribution in [-0.2, 0) is 11.4 Å². The third-order valence-corrected chi connectivity index (χ3v) is 4.76. The van der Waals surface area contributed by atoms with Crippen LogP contribution in [0.2, 0.25) is 0 Å². The largest absolute Gasteiger partial charge is 0.488 e. The number of halogens is 1. The zero-order valence-electron chi connectivity index (χ0n) is 15.7. The van der Waals surface area contributed by atoms with Crippen molar-refractivity contribution in [2.24, 2.45) is 0 Å². The van der Waals surface area contributed by atoms with Crippen LogP contribution in [0.15, 0.2) is 52.5 Å². The lowest BCUT2D eigenvalue weighted by Gasteiger charge is -2.11. The first-order chi connectivity index (χ1) is 13.5. The zero-order chi connectivity index (χ0) is 20.5. The van der Waals surface area contributed by atoms with Gasteiger partial charge in [-0.15, -0.1) is 0 Å². The van der Waals surface area contributed by atoms with Gasteiger partial charge in [0.1, 0.15) is 24.0 Å². The fraction of sp³-hybridized carbons (Fsp3) is 0.227. The second-order valence-electron chi connectivity index (χ2n) is 6.20. The Morgan fingerprint density at radius 2 is 2.04 bits per heavy atom. The van der Waals surface area contributed by atoms with E-state index >= 15 is 0 Å². The van der Waals surface area contributed by atoms with Crippen molar-refractivity contribution in [3.63, 3.8) is 0 Å². The highest BCUT2D eigenvalue weighted by molar-refractivity contribution is 9.10. The lowest BCUT2D eigenvalue weighted by atomic mass is 10.1. The van der Waals surface area contributed by atoms with Crippen LogP contribution < -0.4 is 10.1 Å². The maximum Gasteiger partial charge on any atom is 0.262 e. The molecule has 1 amide bonds. The number of carbonyl (C=O) groups is 1. The molecule has 0 saturated heterocycles. The summed E-state index contributed by atoms with van der Waals surface area (Å²) < 4.78 is 6.49. The molecule has 6 heteroatoms. The van der Waals surface area contributed by atoms with Crippen LogP contribution in [0.1, 0.15) is 37.0 Å². The molecular formula is C22H20BrN3O2. The van der Waals surface area contributed by atoms with Crippen molar-refractivity contribution in [3.05, 3.63) is 69.2 Å². The summed E-state index contributed by atoms with van der Waals surface area (Å²) in [5, 5.41) is 21.2. The monoisotopic (exact) mass is 437 g/mol. The summed E-state index contributed by atoms with van der Waals surface area (Å²) in [6.07, 6.45) is 2.33. The second kappa shape index (κ2) is 10.3. The smallest absolute Gasteiger partial charge is 0.262 e. The highest BCUT2D eigenvalue weighted by Crippen LogP contribution is 2.28. The first-order valence-corrected chi connectivity index (χ1v) is 9.60. The Balaban J connectivity index is 2.14. The van der Waals surface area contributed by atoms with Gasteiger partial charge in [-0.3, -0.25) is 4.79 Å². The molecule has 0 aliphatic carbocycles. The van der Waals surface area contributed by atoms with E-state index in [9.17, 15) is 10.1 Å². The number of carbonyl (C=O) groups excluding carboxylic acids is 1. The van der Waals surface area contributed by atoms with Gasteiger partial charge >= 0.3 is 0 Å². The molecule has 5 nitrogen and oxygen atoms in total. The summed E-state index contributed by atoms with van der Waals surface area (Å²) in [6, 6.07) is 16.7. The molecule has 0 aliphatic heterocycles. The van der Waals surface area contributed by atoms with Crippen molar-refractivity contribution in [2.75, 3.05) is 0 Å². The number of ether oxygens (including phenoxy) is 1. The molecule has 0 fully saturated rings. The number of rotatable bonds is 7. The summed E-state index contributed by atoms with van der Waals surface area (Å²) in [7, 11) is 0. The molecule has 0 saturated carbocycles. The van der Waals surface area contributed by atoms with Gasteiger partial charge in [0, 0.05) is 11.6 Å². The first kappa shape index (κ1) is 21.2. The van der Waals surface area contributed by atoms with Crippen molar-refractivity contribution < 1.29 is 9.53 Å². The number of nitrogens with one attached hydrogen (secondary N) is 1. The van der Waals surface area contributed by atoms with Gasteiger partial charge in [-0.1, -0.05) is 31.2 Å². The molecule has 2 rings (SSSR count). The fourth-order valence-corrected chi connectivity index (χ4v) is 2.86. The molecule has 2 aromatic carbocycles. The molecule has 2 aromatic rings. The Bertz CT molecular complexity index is 970. The number of amides is 1. The fourth-order valence-electron chi connectivity index (χ4n) is 2.35. The highest BCUT2D eigenvalue weighted by Gasteiger charge is 2.12. The molecule has 0 unspecified atom stereocenters. The summed E-state index contributed by atoms with van der Waals surface area (Å²) in [5.41, 5.74) is 2.12. The van der Waals surface area contributed by atoms with Crippen LogP contribution in [0.4, 0.5) is 0 Å². The van der Waals surface area contributed by atoms with Gasteiger partial charge in [-0.2, -0.15) is 10.5 Å². The van der Waals surface area contributed by atoms with E-state index < -0.39 is 0 Å². The first-order valence-electron chi connectivity index (χ1n) is 8.81. The van der Waals surface area contributed by atoms with Gasteiger partial charge in [-0.05, 0) is 59.1 Å². The molecule has 0 heterocycles. The van der Waals surface area contributed by atoms with Crippen LogP contribution in [0.5, 0.6) is 5.75 Å². The van der Waals surface area contributed by atoms with E-state index in [1.165, 1.54) is 6.08 Å². The van der Waals surface area contributed by atoms with E-state index in [0.29, 0.717) is 21.3 Å². The van der Waals surface area contributed by atoms with Gasteiger partial charge in [-0.25, -0.2) is 0 Å². The van der Waals surface area contributed by atoms with Crippen molar-refractivity contribution in [3.8, 4) is 17.9 Å². The molecule has 0 radical (unpaired) electrons. The van der Waals surface area contributed by atoms with E-state index in [1.54, 1.807) is 24.3 Å². The molecule has 1 atom stereocenters. The average molecular weight is 438 g/mol. The Morgan fingerprint density at radius 1 is 1.29 bits per heavy atom. The number of nitriles is 2. The van der Waals surface area contributed by atoms with Gasteiger partial charge in [0.25, 0.3) is 5.91 Å². The maximum absolute atomic E-state index is 12.2. The quantitative estimate of drug-likeness (QED) is 0.501. The van der Waals surface area contributed by atoms with E-state index in [-0.39, 0.29) is 24.1 Å². The molecular weight excluding hydrogens is 418 g/mol. The Labute approximate surface area is 173 Å². The molecule has 0 aliphatic rings. The molecule has 1 N–H and O–H groups in total. The minimum absolute atomic E-state index is 0.00282. The Hall–Kier alpha value is -3.09.